The van der Waals surface area contributed by atoms with Crippen LogP contribution in [0, 0.1) is 10.1 Å². The molecule has 0 fully saturated rings. The minimum Gasteiger partial charge on any atom is -0.548 e. The van der Waals surface area contributed by atoms with Crippen LogP contribution in [0.25, 0.3) is 0 Å². The molecule has 0 radical (unpaired) electrons. The predicted molar refractivity (Wildman–Crippen MR) is 73.8 cm³/mol. The van der Waals surface area contributed by atoms with Gasteiger partial charge in [0.1, 0.15) is 6.04 Å². The van der Waals surface area contributed by atoms with Crippen LogP contribution in [-0.2, 0) is 4.79 Å². The monoisotopic (exact) mass is 367 g/mol. The van der Waals surface area contributed by atoms with Crippen molar-refractivity contribution in [2.75, 3.05) is 0 Å². The van der Waals surface area contributed by atoms with Gasteiger partial charge >= 0.3 is 5.95 Å². The molecule has 1 aromatic heterocycles. The van der Waals surface area contributed by atoms with E-state index in [1.54, 1.807) is 12.1 Å². The van der Waals surface area contributed by atoms with Gasteiger partial charge in [-0.2, -0.15) is 4.68 Å². The molecule has 0 amide bonds. The standard InChI is InChI=1S/C12H9BrN4O5/c13-8-3-1-7(2-4-8)10(18)5-9(11(19)20)16-6-14-12(15-16)17(21)22/h1-4,6,9H,5H2,(H,19,20)/p-1/t9-/m1/s1. The normalized spacial score (nSPS) is 11.9. The van der Waals surface area contributed by atoms with Crippen LogP contribution < -0.4 is 5.11 Å². The fourth-order valence-electron chi connectivity index (χ4n) is 1.71. The highest BCUT2D eigenvalue weighted by Crippen LogP contribution is 2.17. The molecule has 9 nitrogen and oxygen atoms in total. The number of ketones is 1. The van der Waals surface area contributed by atoms with Gasteiger partial charge in [-0.3, -0.25) is 4.79 Å². The van der Waals surface area contributed by atoms with E-state index in [1.165, 1.54) is 12.1 Å². The number of aromatic nitrogens is 3. The third kappa shape index (κ3) is 3.52. The summed E-state index contributed by atoms with van der Waals surface area (Å²) in [7, 11) is 0. The third-order valence-corrected chi connectivity index (χ3v) is 3.32. The van der Waals surface area contributed by atoms with Crippen molar-refractivity contribution in [3.8, 4) is 0 Å². The van der Waals surface area contributed by atoms with Crippen molar-refractivity contribution in [3.05, 3.63) is 50.7 Å². The van der Waals surface area contributed by atoms with E-state index in [4.69, 9.17) is 0 Å². The van der Waals surface area contributed by atoms with Crippen LogP contribution in [0.3, 0.4) is 0 Å². The van der Waals surface area contributed by atoms with Crippen LogP contribution in [0.15, 0.2) is 35.1 Å². The Bertz CT molecular complexity index is 727. The Morgan fingerprint density at radius 3 is 2.45 bits per heavy atom. The molecule has 0 aliphatic carbocycles. The van der Waals surface area contributed by atoms with Crippen molar-refractivity contribution in [2.24, 2.45) is 0 Å². The highest BCUT2D eigenvalue weighted by molar-refractivity contribution is 9.10. The van der Waals surface area contributed by atoms with E-state index in [0.29, 0.717) is 5.56 Å². The Morgan fingerprint density at radius 1 is 1.32 bits per heavy atom. The first-order valence-electron chi connectivity index (χ1n) is 5.93. The van der Waals surface area contributed by atoms with Gasteiger partial charge in [0.2, 0.25) is 6.33 Å². The topological polar surface area (TPSA) is 131 Å². The average Bonchev–Trinajstić information content (AvgIpc) is 2.94. The van der Waals surface area contributed by atoms with Gasteiger partial charge in [0.25, 0.3) is 0 Å². The second kappa shape index (κ2) is 6.43. The number of rotatable bonds is 6. The van der Waals surface area contributed by atoms with Crippen LogP contribution in [0.4, 0.5) is 5.95 Å². The molecule has 0 spiro atoms. The van der Waals surface area contributed by atoms with Crippen LogP contribution in [-0.4, -0.2) is 31.4 Å². The lowest BCUT2D eigenvalue weighted by molar-refractivity contribution is -0.394. The van der Waals surface area contributed by atoms with Crippen molar-refractivity contribution in [1.29, 1.82) is 0 Å². The molecule has 10 heteroatoms. The number of carbonyl (C=O) groups excluding carboxylic acids is 2. The first-order chi connectivity index (χ1) is 10.4. The van der Waals surface area contributed by atoms with E-state index in [9.17, 15) is 24.8 Å². The van der Waals surface area contributed by atoms with Crippen molar-refractivity contribution in [1.82, 2.24) is 14.8 Å². The Morgan fingerprint density at radius 2 is 1.95 bits per heavy atom. The molecule has 2 aromatic rings. The summed E-state index contributed by atoms with van der Waals surface area (Å²) in [5.41, 5.74) is 0.309. The lowest BCUT2D eigenvalue weighted by Crippen LogP contribution is -2.35. The first-order valence-corrected chi connectivity index (χ1v) is 6.73. The Labute approximate surface area is 131 Å². The van der Waals surface area contributed by atoms with Gasteiger partial charge in [-0.05, 0) is 17.1 Å². The molecule has 1 atom stereocenters. The van der Waals surface area contributed by atoms with Gasteiger partial charge < -0.3 is 20.0 Å². The zero-order valence-electron chi connectivity index (χ0n) is 10.9. The molecule has 0 bridgehead atoms. The summed E-state index contributed by atoms with van der Waals surface area (Å²) >= 11 is 3.22. The smallest absolute Gasteiger partial charge is 0.490 e. The van der Waals surface area contributed by atoms with Crippen LogP contribution in [0.1, 0.15) is 22.8 Å². The quantitative estimate of drug-likeness (QED) is 0.412. The van der Waals surface area contributed by atoms with E-state index in [-0.39, 0.29) is 0 Å². The molecule has 114 valence electrons. The molecular formula is C12H8BrN4O5-. The predicted octanol–water partition coefficient (Wildman–Crippen LogP) is 0.513. The van der Waals surface area contributed by atoms with E-state index in [1.807, 2.05) is 0 Å². The maximum Gasteiger partial charge on any atom is 0.490 e. The van der Waals surface area contributed by atoms with Crippen LogP contribution >= 0.6 is 15.9 Å². The number of Topliss-reactive ketones (excluding diaryl/α,β-unsaturated/α-hetero) is 1. The number of carboxylic acid groups (broad SMARTS) is 1. The molecule has 2 rings (SSSR count). The van der Waals surface area contributed by atoms with Crippen LogP contribution in [0.5, 0.6) is 0 Å². The lowest BCUT2D eigenvalue weighted by atomic mass is 10.0. The summed E-state index contributed by atoms with van der Waals surface area (Å²) in [5, 5.41) is 25.1. The molecule has 0 N–H and O–H groups in total. The number of carboxylic acids is 1. The molecule has 1 aromatic carbocycles. The lowest BCUT2D eigenvalue weighted by Gasteiger charge is -2.14. The molecule has 0 aliphatic rings. The zero-order valence-corrected chi connectivity index (χ0v) is 12.5. The van der Waals surface area contributed by atoms with Gasteiger partial charge in [0.05, 0.1) is 5.97 Å². The number of hydrogen-bond donors (Lipinski definition) is 0. The molecule has 0 aliphatic heterocycles. The van der Waals surface area contributed by atoms with Gasteiger partial charge in [-0.25, -0.2) is 0 Å². The highest BCUT2D eigenvalue weighted by Gasteiger charge is 2.24. The van der Waals surface area contributed by atoms with E-state index in [2.05, 4.69) is 26.0 Å². The van der Waals surface area contributed by atoms with E-state index < -0.39 is 35.1 Å². The maximum absolute atomic E-state index is 12.1. The third-order valence-electron chi connectivity index (χ3n) is 2.80. The summed E-state index contributed by atoms with van der Waals surface area (Å²) in [6, 6.07) is 4.87. The first kappa shape index (κ1) is 15.8. The highest BCUT2D eigenvalue weighted by atomic mass is 79.9. The molecule has 1 heterocycles. The van der Waals surface area contributed by atoms with Gasteiger partial charge in [-0.1, -0.05) is 33.0 Å². The number of hydrogen-bond acceptors (Lipinski definition) is 7. The van der Waals surface area contributed by atoms with Crippen molar-refractivity contribution in [3.63, 3.8) is 0 Å². The largest absolute Gasteiger partial charge is 0.548 e. The summed E-state index contributed by atoms with van der Waals surface area (Å²) < 4.78 is 1.51. The Hall–Kier alpha value is -2.62. The number of carbonyl (C=O) groups is 2. The van der Waals surface area contributed by atoms with Crippen molar-refractivity contribution >= 4 is 33.6 Å². The maximum atomic E-state index is 12.1. The number of nitro groups is 1. The minimum atomic E-state index is -1.58. The molecule has 0 saturated heterocycles. The number of benzene rings is 1. The zero-order chi connectivity index (χ0) is 16.3. The Kier molecular flexibility index (Phi) is 4.61. The SMILES string of the molecule is O=C(C[C@H](C(=O)[O-])n1cnc([N+](=O)[O-])n1)c1ccc(Br)cc1. The second-order valence-corrected chi connectivity index (χ2v) is 5.17. The van der Waals surface area contributed by atoms with Gasteiger partial charge in [-0.15, -0.1) is 0 Å². The van der Waals surface area contributed by atoms with E-state index in [0.717, 1.165) is 15.5 Å². The average molecular weight is 368 g/mol. The van der Waals surface area contributed by atoms with E-state index >= 15 is 0 Å². The number of aliphatic carboxylic acids is 1. The molecule has 0 unspecified atom stereocenters. The summed E-state index contributed by atoms with van der Waals surface area (Å²) in [4.78, 5) is 36.3. The molecule has 22 heavy (non-hydrogen) atoms. The number of halogens is 1. The second-order valence-electron chi connectivity index (χ2n) is 4.25. The molecule has 0 saturated carbocycles. The fraction of sp³-hybridized carbons (Fsp3) is 0.167. The summed E-state index contributed by atoms with van der Waals surface area (Å²) in [6.07, 6.45) is 0.429. The fourth-order valence-corrected chi connectivity index (χ4v) is 1.98. The van der Waals surface area contributed by atoms with Crippen LogP contribution in [0.2, 0.25) is 0 Å². The van der Waals surface area contributed by atoms with Gasteiger partial charge in [0.15, 0.2) is 5.78 Å². The summed E-state index contributed by atoms with van der Waals surface area (Å²) in [6.45, 7) is 0. The van der Waals surface area contributed by atoms with Crippen molar-refractivity contribution < 1.29 is 19.6 Å². The summed E-state index contributed by atoms with van der Waals surface area (Å²) in [5.74, 6) is -2.78. The number of nitrogens with zero attached hydrogens (tertiary/aromatic N) is 4. The molecular weight excluding hydrogens is 360 g/mol. The van der Waals surface area contributed by atoms with Gasteiger partial charge in [0, 0.05) is 21.6 Å². The Balaban J connectivity index is 2.21. The minimum absolute atomic E-state index is 0.309. The van der Waals surface area contributed by atoms with Crippen molar-refractivity contribution in [2.45, 2.75) is 12.5 Å².